The van der Waals surface area contributed by atoms with Crippen LogP contribution in [0.25, 0.3) is 0 Å². The van der Waals surface area contributed by atoms with E-state index in [2.05, 4.69) is 10.3 Å². The van der Waals surface area contributed by atoms with Crippen molar-refractivity contribution in [3.63, 3.8) is 0 Å². The molecule has 2 N–H and O–H groups in total. The molecule has 0 saturated heterocycles. The highest BCUT2D eigenvalue weighted by molar-refractivity contribution is 5.98. The number of benzene rings is 2. The van der Waals surface area contributed by atoms with Crippen LogP contribution in [0.5, 0.6) is 0 Å². The van der Waals surface area contributed by atoms with Gasteiger partial charge in [-0.15, -0.1) is 0 Å². The average Bonchev–Trinajstić information content (AvgIpc) is 2.58. The molecule has 0 fully saturated rings. The largest absolute Gasteiger partial charge is 0.416 e. The fourth-order valence-electron chi connectivity index (χ4n) is 2.41. The Labute approximate surface area is 177 Å². The van der Waals surface area contributed by atoms with E-state index in [0.717, 1.165) is 29.8 Å². The zero-order valence-electron chi connectivity index (χ0n) is 17.9. The first-order valence-electron chi connectivity index (χ1n) is 9.25. The summed E-state index contributed by atoms with van der Waals surface area (Å²) in [5.74, 6) is -1.74. The van der Waals surface area contributed by atoms with E-state index in [1.165, 1.54) is 39.8 Å². The van der Waals surface area contributed by atoms with Crippen LogP contribution in [0.2, 0.25) is 0 Å². The Hall–Kier alpha value is -2.81. The number of hydrogen-bond donors (Lipinski definition) is 2. The standard InChI is InChI=1S/C15H19F3N2O2.C7H6F2/c1-9-7-11(15(16,17)18)5-6-12(9)19-10(2)20-13(21)8-14(3,4)22;1-5-2-3-6(8)7(9)4-5/h5-7,22H,8H2,1-4H3,(H,19,20,21);2-4H,1H3. The van der Waals surface area contributed by atoms with Gasteiger partial charge in [-0.3, -0.25) is 4.79 Å². The number of aliphatic hydroxyl groups is 1. The number of aryl methyl sites for hydroxylation is 2. The molecule has 0 atom stereocenters. The highest BCUT2D eigenvalue weighted by atomic mass is 19.4. The van der Waals surface area contributed by atoms with Crippen molar-refractivity contribution >= 4 is 17.4 Å². The first-order chi connectivity index (χ1) is 14.1. The minimum absolute atomic E-state index is 0.105. The van der Waals surface area contributed by atoms with Gasteiger partial charge in [-0.1, -0.05) is 6.07 Å². The van der Waals surface area contributed by atoms with Gasteiger partial charge in [0.05, 0.1) is 23.3 Å². The van der Waals surface area contributed by atoms with E-state index in [1.54, 1.807) is 6.92 Å². The molecule has 0 bridgehead atoms. The van der Waals surface area contributed by atoms with Gasteiger partial charge in [0.25, 0.3) is 0 Å². The van der Waals surface area contributed by atoms with Gasteiger partial charge in [0.15, 0.2) is 11.6 Å². The van der Waals surface area contributed by atoms with Crippen molar-refractivity contribution in [2.75, 3.05) is 0 Å². The van der Waals surface area contributed by atoms with E-state index in [0.29, 0.717) is 11.3 Å². The van der Waals surface area contributed by atoms with Crippen LogP contribution in [0, 0.1) is 25.5 Å². The van der Waals surface area contributed by atoms with Crippen molar-refractivity contribution in [1.29, 1.82) is 0 Å². The number of rotatable bonds is 3. The Kier molecular flexibility index (Phi) is 8.86. The van der Waals surface area contributed by atoms with E-state index >= 15 is 0 Å². The number of carbonyl (C=O) groups is 1. The van der Waals surface area contributed by atoms with Crippen LogP contribution in [0.3, 0.4) is 0 Å². The summed E-state index contributed by atoms with van der Waals surface area (Å²) >= 11 is 0. The van der Waals surface area contributed by atoms with Crippen LogP contribution >= 0.6 is 0 Å². The van der Waals surface area contributed by atoms with Crippen molar-refractivity contribution < 1.29 is 31.9 Å². The Morgan fingerprint density at radius 1 is 1.03 bits per heavy atom. The fraction of sp³-hybridized carbons (Fsp3) is 0.364. The molecule has 0 aromatic heterocycles. The molecule has 2 rings (SSSR count). The second kappa shape index (κ2) is 10.5. The summed E-state index contributed by atoms with van der Waals surface area (Å²) in [6.45, 7) is 7.75. The summed E-state index contributed by atoms with van der Waals surface area (Å²) in [6.07, 6.45) is -4.51. The van der Waals surface area contributed by atoms with Gasteiger partial charge < -0.3 is 10.4 Å². The zero-order valence-corrected chi connectivity index (χ0v) is 17.9. The Bertz CT molecular complexity index is 948. The number of nitrogens with zero attached hydrogens (tertiary/aromatic N) is 1. The van der Waals surface area contributed by atoms with Crippen molar-refractivity contribution in [2.24, 2.45) is 4.99 Å². The lowest BCUT2D eigenvalue weighted by molar-refractivity contribution is -0.137. The van der Waals surface area contributed by atoms with Crippen molar-refractivity contribution in [2.45, 2.75) is 52.8 Å². The lowest BCUT2D eigenvalue weighted by atomic mass is 10.1. The molecule has 1 amide bonds. The lowest BCUT2D eigenvalue weighted by Crippen LogP contribution is -2.34. The van der Waals surface area contributed by atoms with Gasteiger partial charge in [-0.2, -0.15) is 13.2 Å². The maximum absolute atomic E-state index is 12.6. The number of halogens is 5. The molecule has 170 valence electrons. The molecule has 0 aliphatic carbocycles. The highest BCUT2D eigenvalue weighted by Crippen LogP contribution is 2.32. The van der Waals surface area contributed by atoms with Gasteiger partial charge in [0, 0.05) is 0 Å². The molecule has 0 aliphatic rings. The predicted molar refractivity (Wildman–Crippen MR) is 109 cm³/mol. The summed E-state index contributed by atoms with van der Waals surface area (Å²) in [4.78, 5) is 15.7. The maximum atomic E-state index is 12.6. The minimum atomic E-state index is -4.40. The molecule has 9 heteroatoms. The first kappa shape index (κ1) is 26.2. The van der Waals surface area contributed by atoms with Crippen LogP contribution in [0.4, 0.5) is 27.6 Å². The molecule has 0 heterocycles. The van der Waals surface area contributed by atoms with Gasteiger partial charge in [0.2, 0.25) is 5.91 Å². The van der Waals surface area contributed by atoms with Crippen molar-refractivity contribution in [1.82, 2.24) is 5.32 Å². The third-order valence-electron chi connectivity index (χ3n) is 3.80. The zero-order chi connectivity index (χ0) is 24.0. The van der Waals surface area contributed by atoms with E-state index in [1.807, 2.05) is 0 Å². The number of amides is 1. The third-order valence-corrected chi connectivity index (χ3v) is 3.80. The molecule has 4 nitrogen and oxygen atoms in total. The van der Waals surface area contributed by atoms with Crippen molar-refractivity contribution in [3.05, 3.63) is 64.7 Å². The van der Waals surface area contributed by atoms with Crippen LogP contribution in [-0.2, 0) is 11.0 Å². The van der Waals surface area contributed by atoms with E-state index in [-0.39, 0.29) is 12.3 Å². The molecule has 2 aromatic rings. The molecule has 31 heavy (non-hydrogen) atoms. The Balaban J connectivity index is 0.000000442. The number of amidine groups is 1. The second-order valence-corrected chi connectivity index (χ2v) is 7.65. The number of nitrogens with one attached hydrogen (secondary N) is 1. The average molecular weight is 444 g/mol. The van der Waals surface area contributed by atoms with Crippen LogP contribution < -0.4 is 5.32 Å². The second-order valence-electron chi connectivity index (χ2n) is 7.65. The van der Waals surface area contributed by atoms with E-state index in [9.17, 15) is 31.9 Å². The SMILES string of the molecule is CC(=Nc1ccc(C(F)(F)F)cc1C)NC(=O)CC(C)(C)O.Cc1ccc(F)c(F)c1. The normalized spacial score (nSPS) is 12.2. The Morgan fingerprint density at radius 2 is 1.65 bits per heavy atom. The quantitative estimate of drug-likeness (QED) is 0.367. The molecular weight excluding hydrogens is 419 g/mol. The van der Waals surface area contributed by atoms with E-state index in [4.69, 9.17) is 0 Å². The summed E-state index contributed by atoms with van der Waals surface area (Å²) in [5, 5.41) is 12.0. The number of alkyl halides is 3. The summed E-state index contributed by atoms with van der Waals surface area (Å²) in [6, 6.07) is 7.00. The van der Waals surface area contributed by atoms with Gasteiger partial charge in [-0.05, 0) is 76.1 Å². The molecule has 2 aromatic carbocycles. The van der Waals surface area contributed by atoms with Gasteiger partial charge in [-0.25, -0.2) is 13.8 Å². The van der Waals surface area contributed by atoms with Crippen LogP contribution in [0.1, 0.15) is 43.9 Å². The maximum Gasteiger partial charge on any atom is 0.416 e. The van der Waals surface area contributed by atoms with Crippen LogP contribution in [-0.4, -0.2) is 22.5 Å². The summed E-state index contributed by atoms with van der Waals surface area (Å²) in [5.41, 5.74) is -0.462. The molecule has 0 aliphatic heterocycles. The summed E-state index contributed by atoms with van der Waals surface area (Å²) in [7, 11) is 0. The molecule has 0 unspecified atom stereocenters. The predicted octanol–water partition coefficient (Wildman–Crippen LogP) is 5.61. The molecular formula is C22H25F5N2O2. The minimum Gasteiger partial charge on any atom is -0.390 e. The monoisotopic (exact) mass is 444 g/mol. The first-order valence-corrected chi connectivity index (χ1v) is 9.25. The molecule has 0 spiro atoms. The number of aliphatic imine (C=N–C) groups is 1. The van der Waals surface area contributed by atoms with E-state index < -0.39 is 34.9 Å². The Morgan fingerprint density at radius 3 is 2.10 bits per heavy atom. The van der Waals surface area contributed by atoms with Crippen molar-refractivity contribution in [3.8, 4) is 0 Å². The van der Waals surface area contributed by atoms with Crippen LogP contribution in [0.15, 0.2) is 41.4 Å². The smallest absolute Gasteiger partial charge is 0.390 e. The lowest BCUT2D eigenvalue weighted by Gasteiger charge is -2.16. The number of carbonyl (C=O) groups excluding carboxylic acids is 1. The molecule has 0 radical (unpaired) electrons. The number of hydrogen-bond acceptors (Lipinski definition) is 3. The third kappa shape index (κ3) is 9.69. The van der Waals surface area contributed by atoms with Gasteiger partial charge >= 0.3 is 6.18 Å². The van der Waals surface area contributed by atoms with Gasteiger partial charge in [0.1, 0.15) is 5.84 Å². The fourth-order valence-corrected chi connectivity index (χ4v) is 2.41. The summed E-state index contributed by atoms with van der Waals surface area (Å²) < 4.78 is 62.1. The molecule has 0 saturated carbocycles. The topological polar surface area (TPSA) is 61.7 Å². The highest BCUT2D eigenvalue weighted by Gasteiger charge is 2.30.